The van der Waals surface area contributed by atoms with Crippen LogP contribution < -0.4 is 5.32 Å². The fourth-order valence-corrected chi connectivity index (χ4v) is 3.69. The van der Waals surface area contributed by atoms with Crippen LogP contribution in [0.25, 0.3) is 0 Å². The lowest BCUT2D eigenvalue weighted by Gasteiger charge is -2.32. The molecule has 2 saturated carbocycles. The Labute approximate surface area is 110 Å². The second-order valence-corrected chi connectivity index (χ2v) is 7.15. The molecule has 2 atom stereocenters. The molecule has 18 heavy (non-hydrogen) atoms. The molecule has 1 amide bonds. The van der Waals surface area contributed by atoms with Gasteiger partial charge in [-0.25, -0.2) is 0 Å². The van der Waals surface area contributed by atoms with Crippen LogP contribution in [0.1, 0.15) is 46.0 Å². The van der Waals surface area contributed by atoms with Gasteiger partial charge in [0.25, 0.3) is 0 Å². The minimum Gasteiger partial charge on any atom is -0.342 e. The fraction of sp³-hybridized carbons (Fsp3) is 0.933. The molecule has 1 N–H and O–H groups in total. The van der Waals surface area contributed by atoms with Gasteiger partial charge in [-0.3, -0.25) is 4.79 Å². The Morgan fingerprint density at radius 3 is 2.44 bits per heavy atom. The third-order valence-electron chi connectivity index (χ3n) is 6.06. The molecule has 3 heteroatoms. The van der Waals surface area contributed by atoms with Crippen molar-refractivity contribution in [1.82, 2.24) is 10.2 Å². The number of piperidine rings is 1. The third-order valence-corrected chi connectivity index (χ3v) is 6.06. The van der Waals surface area contributed by atoms with Crippen molar-refractivity contribution < 1.29 is 4.79 Å². The van der Waals surface area contributed by atoms with Gasteiger partial charge in [0.05, 0.1) is 0 Å². The lowest BCUT2D eigenvalue weighted by Crippen LogP contribution is -2.42. The van der Waals surface area contributed by atoms with Crippen LogP contribution in [-0.4, -0.2) is 37.0 Å². The van der Waals surface area contributed by atoms with Crippen LogP contribution in [0, 0.1) is 16.7 Å². The molecule has 0 aromatic rings. The summed E-state index contributed by atoms with van der Waals surface area (Å²) >= 11 is 0. The van der Waals surface area contributed by atoms with E-state index in [9.17, 15) is 4.79 Å². The fourth-order valence-electron chi connectivity index (χ4n) is 3.69. The predicted octanol–water partition coefficient (Wildman–Crippen LogP) is 2.02. The molecule has 3 nitrogen and oxygen atoms in total. The number of hydrogen-bond acceptors (Lipinski definition) is 2. The van der Waals surface area contributed by atoms with Crippen molar-refractivity contribution in [3.8, 4) is 0 Å². The summed E-state index contributed by atoms with van der Waals surface area (Å²) in [7, 11) is 2.02. The Balaban J connectivity index is 1.62. The molecule has 0 aromatic carbocycles. The van der Waals surface area contributed by atoms with E-state index >= 15 is 0 Å². The maximum Gasteiger partial charge on any atom is 0.226 e. The van der Waals surface area contributed by atoms with E-state index in [1.54, 1.807) is 0 Å². The average Bonchev–Trinajstić information content (AvgIpc) is 3.27. The summed E-state index contributed by atoms with van der Waals surface area (Å²) in [4.78, 5) is 14.7. The topological polar surface area (TPSA) is 32.3 Å². The monoisotopic (exact) mass is 250 g/mol. The highest BCUT2D eigenvalue weighted by Gasteiger charge is 2.59. The average molecular weight is 250 g/mol. The summed E-state index contributed by atoms with van der Waals surface area (Å²) in [5.74, 6) is 0.743. The van der Waals surface area contributed by atoms with Crippen molar-refractivity contribution >= 4 is 5.91 Å². The maximum absolute atomic E-state index is 12.6. The van der Waals surface area contributed by atoms with Crippen LogP contribution in [0.3, 0.4) is 0 Å². The van der Waals surface area contributed by atoms with E-state index in [4.69, 9.17) is 0 Å². The highest BCUT2D eigenvalue weighted by Crippen LogP contribution is 2.60. The Morgan fingerprint density at radius 2 is 1.89 bits per heavy atom. The maximum atomic E-state index is 12.6. The lowest BCUT2D eigenvalue weighted by atomic mass is 9.91. The van der Waals surface area contributed by atoms with Gasteiger partial charge < -0.3 is 10.2 Å². The van der Waals surface area contributed by atoms with E-state index in [1.807, 2.05) is 7.05 Å². The molecule has 2 unspecified atom stereocenters. The quantitative estimate of drug-likeness (QED) is 0.831. The lowest BCUT2D eigenvalue weighted by molar-refractivity contribution is -0.135. The summed E-state index contributed by atoms with van der Waals surface area (Å²) in [5, 5.41) is 3.40. The molecule has 3 rings (SSSR count). The van der Waals surface area contributed by atoms with Crippen molar-refractivity contribution in [2.45, 2.75) is 52.0 Å². The van der Waals surface area contributed by atoms with Gasteiger partial charge in [0.1, 0.15) is 0 Å². The Bertz CT molecular complexity index is 356. The number of amides is 1. The third kappa shape index (κ3) is 1.87. The number of carbonyl (C=O) groups is 1. The molecule has 1 heterocycles. The SMILES string of the molecule is CC(N(C)C(=O)C1CC12CCNCC2)C1(C)CC1. The highest BCUT2D eigenvalue weighted by molar-refractivity contribution is 5.83. The van der Waals surface area contributed by atoms with Gasteiger partial charge in [-0.2, -0.15) is 0 Å². The number of rotatable bonds is 3. The van der Waals surface area contributed by atoms with Crippen molar-refractivity contribution in [3.05, 3.63) is 0 Å². The number of hydrogen-bond donors (Lipinski definition) is 1. The molecule has 0 aromatic heterocycles. The molecular formula is C15H26N2O. The molecule has 3 fully saturated rings. The molecule has 0 radical (unpaired) electrons. The minimum atomic E-state index is 0.328. The second kappa shape index (κ2) is 3.96. The molecule has 3 aliphatic rings. The first-order valence-corrected chi connectivity index (χ1v) is 7.46. The van der Waals surface area contributed by atoms with Crippen LogP contribution in [-0.2, 0) is 4.79 Å². The summed E-state index contributed by atoms with van der Waals surface area (Å²) in [6, 6.07) is 0.407. The van der Waals surface area contributed by atoms with Gasteiger partial charge in [0.2, 0.25) is 5.91 Å². The van der Waals surface area contributed by atoms with Crippen molar-refractivity contribution in [3.63, 3.8) is 0 Å². The molecule has 1 aliphatic heterocycles. The molecule has 2 aliphatic carbocycles. The van der Waals surface area contributed by atoms with Gasteiger partial charge >= 0.3 is 0 Å². The zero-order chi connectivity index (χ0) is 13.0. The van der Waals surface area contributed by atoms with Crippen LogP contribution in [0.4, 0.5) is 0 Å². The summed E-state index contributed by atoms with van der Waals surface area (Å²) in [6.07, 6.45) is 6.10. The van der Waals surface area contributed by atoms with Gasteiger partial charge in [0.15, 0.2) is 0 Å². The second-order valence-electron chi connectivity index (χ2n) is 7.15. The van der Waals surface area contributed by atoms with Crippen LogP contribution in [0.5, 0.6) is 0 Å². The molecule has 1 spiro atoms. The van der Waals surface area contributed by atoms with Crippen molar-refractivity contribution in [2.24, 2.45) is 16.7 Å². The van der Waals surface area contributed by atoms with E-state index < -0.39 is 0 Å². The molecule has 0 bridgehead atoms. The highest BCUT2D eigenvalue weighted by atomic mass is 16.2. The molecule has 1 saturated heterocycles. The van der Waals surface area contributed by atoms with Crippen molar-refractivity contribution in [2.75, 3.05) is 20.1 Å². The van der Waals surface area contributed by atoms with Crippen LogP contribution in [0.15, 0.2) is 0 Å². The first-order chi connectivity index (χ1) is 8.49. The first-order valence-electron chi connectivity index (χ1n) is 7.46. The van der Waals surface area contributed by atoms with E-state index in [0.717, 1.165) is 19.5 Å². The Hall–Kier alpha value is -0.570. The van der Waals surface area contributed by atoms with Gasteiger partial charge in [0, 0.05) is 19.0 Å². The zero-order valence-corrected chi connectivity index (χ0v) is 12.0. The minimum absolute atomic E-state index is 0.328. The van der Waals surface area contributed by atoms with E-state index in [-0.39, 0.29) is 0 Å². The smallest absolute Gasteiger partial charge is 0.226 e. The largest absolute Gasteiger partial charge is 0.342 e. The number of nitrogens with one attached hydrogen (secondary N) is 1. The van der Waals surface area contributed by atoms with Gasteiger partial charge in [-0.05, 0) is 62.9 Å². The number of nitrogens with zero attached hydrogens (tertiary/aromatic N) is 1. The van der Waals surface area contributed by atoms with Crippen LogP contribution >= 0.6 is 0 Å². The normalized spacial score (nSPS) is 32.9. The molecular weight excluding hydrogens is 224 g/mol. The number of carbonyl (C=O) groups excluding carboxylic acids is 1. The molecule has 102 valence electrons. The Morgan fingerprint density at radius 1 is 1.28 bits per heavy atom. The van der Waals surface area contributed by atoms with Crippen LogP contribution in [0.2, 0.25) is 0 Å². The summed E-state index contributed by atoms with van der Waals surface area (Å²) in [5.41, 5.74) is 0.779. The van der Waals surface area contributed by atoms with Gasteiger partial charge in [-0.1, -0.05) is 6.92 Å². The first kappa shape index (κ1) is 12.5. The van der Waals surface area contributed by atoms with E-state index in [1.165, 1.54) is 25.7 Å². The van der Waals surface area contributed by atoms with E-state index in [0.29, 0.717) is 28.7 Å². The summed E-state index contributed by atoms with van der Waals surface area (Å²) in [6.45, 7) is 6.73. The van der Waals surface area contributed by atoms with Crippen molar-refractivity contribution in [1.29, 1.82) is 0 Å². The van der Waals surface area contributed by atoms with E-state index in [2.05, 4.69) is 24.1 Å². The summed E-state index contributed by atoms with van der Waals surface area (Å²) < 4.78 is 0. The predicted molar refractivity (Wildman–Crippen MR) is 72.2 cm³/mol. The Kier molecular flexibility index (Phi) is 2.74. The standard InChI is InChI=1S/C15H26N2O/c1-11(14(2)4-5-14)17(3)13(18)12-10-15(12)6-8-16-9-7-15/h11-12,16H,4-10H2,1-3H3. The van der Waals surface area contributed by atoms with Gasteiger partial charge in [-0.15, -0.1) is 0 Å². The zero-order valence-electron chi connectivity index (χ0n) is 12.0.